The van der Waals surface area contributed by atoms with Gasteiger partial charge in [0.2, 0.25) is 0 Å². The summed E-state index contributed by atoms with van der Waals surface area (Å²) in [5.41, 5.74) is 0.920. The molecule has 2 atom stereocenters. The average Bonchev–Trinajstić information content (AvgIpc) is 2.91. The highest BCUT2D eigenvalue weighted by Crippen LogP contribution is 2.39. The summed E-state index contributed by atoms with van der Waals surface area (Å²) in [4.78, 5) is 5.47. The molecule has 214 valence electrons. The summed E-state index contributed by atoms with van der Waals surface area (Å²) in [6.45, 7) is 28.2. The van der Waals surface area contributed by atoms with Crippen molar-refractivity contribution in [2.24, 2.45) is 0 Å². The summed E-state index contributed by atoms with van der Waals surface area (Å²) >= 11 is 0. The van der Waals surface area contributed by atoms with Crippen molar-refractivity contribution >= 4 is 0 Å². The fraction of sp³-hybridized carbons (Fsp3) is 1.00. The first-order valence-corrected chi connectivity index (χ1v) is 15.5. The minimum absolute atomic E-state index is 0.202. The van der Waals surface area contributed by atoms with E-state index in [9.17, 15) is 0 Å². The molecule has 0 N–H and O–H groups in total. The highest BCUT2D eigenvalue weighted by molar-refractivity contribution is 4.98. The van der Waals surface area contributed by atoms with E-state index in [-0.39, 0.29) is 22.2 Å². The Morgan fingerprint density at radius 2 is 0.917 bits per heavy atom. The molecule has 36 heavy (non-hydrogen) atoms. The summed E-state index contributed by atoms with van der Waals surface area (Å²) in [6, 6.07) is 0. The van der Waals surface area contributed by atoms with E-state index in [0.29, 0.717) is 12.2 Å². The molecule has 2 unspecified atom stereocenters. The van der Waals surface area contributed by atoms with Gasteiger partial charge in [-0.05, 0) is 133 Å². The van der Waals surface area contributed by atoms with Gasteiger partial charge in [-0.15, -0.1) is 0 Å². The van der Waals surface area contributed by atoms with Gasteiger partial charge in [0.1, 0.15) is 0 Å². The molecule has 4 nitrogen and oxygen atoms in total. The van der Waals surface area contributed by atoms with Crippen molar-refractivity contribution in [3.8, 4) is 0 Å². The molecule has 0 aromatic rings. The maximum Gasteiger partial charge on any atom is 0.0593 e. The summed E-state index contributed by atoms with van der Waals surface area (Å²) in [5.74, 6) is 0. The third kappa shape index (κ3) is 9.24. The molecule has 0 radical (unpaired) electrons. The van der Waals surface area contributed by atoms with Crippen LogP contribution in [0.5, 0.6) is 0 Å². The van der Waals surface area contributed by atoms with Crippen molar-refractivity contribution in [3.63, 3.8) is 0 Å². The molecule has 4 heteroatoms. The molecular weight excluding hydrogens is 444 g/mol. The molecule has 0 bridgehead atoms. The van der Waals surface area contributed by atoms with E-state index in [1.165, 1.54) is 77.3 Å². The van der Waals surface area contributed by atoms with Crippen LogP contribution in [0, 0.1) is 0 Å². The van der Waals surface area contributed by atoms with Crippen molar-refractivity contribution in [1.82, 2.24) is 9.80 Å². The van der Waals surface area contributed by atoms with Gasteiger partial charge in [0.25, 0.3) is 0 Å². The van der Waals surface area contributed by atoms with Crippen LogP contribution < -0.4 is 0 Å². The second-order valence-corrected chi connectivity index (χ2v) is 14.4. The minimum Gasteiger partial charge on any atom is -0.378 e. The first kappa shape index (κ1) is 32.1. The van der Waals surface area contributed by atoms with Crippen LogP contribution in [-0.2, 0) is 9.47 Å². The molecule has 2 fully saturated rings. The van der Waals surface area contributed by atoms with Crippen LogP contribution in [0.15, 0.2) is 0 Å². The van der Waals surface area contributed by atoms with E-state index >= 15 is 0 Å². The maximum atomic E-state index is 6.44. The van der Waals surface area contributed by atoms with Gasteiger partial charge in [0.05, 0.1) is 12.2 Å². The van der Waals surface area contributed by atoms with Crippen molar-refractivity contribution < 1.29 is 9.47 Å². The number of nitrogens with zero attached hydrogens (tertiary/aromatic N) is 2. The molecule has 0 saturated carbocycles. The fourth-order valence-electron chi connectivity index (χ4n) is 7.48. The molecule has 2 aliphatic heterocycles. The summed E-state index contributed by atoms with van der Waals surface area (Å²) in [7, 11) is 0. The lowest BCUT2D eigenvalue weighted by atomic mass is 9.91. The minimum atomic E-state index is 0.202. The molecule has 0 aromatic heterocycles. The van der Waals surface area contributed by atoms with Crippen LogP contribution >= 0.6 is 0 Å². The van der Waals surface area contributed by atoms with Crippen LogP contribution in [0.25, 0.3) is 0 Å². The molecule has 2 saturated heterocycles. The van der Waals surface area contributed by atoms with Crippen LogP contribution in [0.3, 0.4) is 0 Å². The summed E-state index contributed by atoms with van der Waals surface area (Å²) < 4.78 is 12.9. The molecule has 2 heterocycles. The maximum absolute atomic E-state index is 6.44. The van der Waals surface area contributed by atoms with Crippen LogP contribution in [0.4, 0.5) is 0 Å². The molecule has 0 aliphatic carbocycles. The zero-order valence-corrected chi connectivity index (χ0v) is 26.2. The molecule has 0 amide bonds. The number of likely N-dealkylation sites (tertiary alicyclic amines) is 2. The smallest absolute Gasteiger partial charge is 0.0593 e. The van der Waals surface area contributed by atoms with E-state index in [2.05, 4.69) is 79.0 Å². The van der Waals surface area contributed by atoms with E-state index in [0.717, 1.165) is 26.1 Å². The van der Waals surface area contributed by atoms with Crippen molar-refractivity contribution in [1.29, 1.82) is 0 Å². The largest absolute Gasteiger partial charge is 0.378 e. The Balaban J connectivity index is 1.66. The monoisotopic (exact) mass is 508 g/mol. The van der Waals surface area contributed by atoms with E-state index < -0.39 is 0 Å². The Morgan fingerprint density at radius 1 is 0.556 bits per heavy atom. The van der Waals surface area contributed by atoms with Crippen molar-refractivity contribution in [2.75, 3.05) is 26.3 Å². The third-order valence-electron chi connectivity index (χ3n) is 9.17. The lowest BCUT2D eigenvalue weighted by Gasteiger charge is -2.47. The van der Waals surface area contributed by atoms with Crippen molar-refractivity contribution in [2.45, 2.75) is 181 Å². The van der Waals surface area contributed by atoms with E-state index in [4.69, 9.17) is 9.47 Å². The lowest BCUT2D eigenvalue weighted by Crippen LogP contribution is -2.54. The zero-order valence-electron chi connectivity index (χ0n) is 26.2. The predicted molar refractivity (Wildman–Crippen MR) is 156 cm³/mol. The number of unbranched alkanes of at least 4 members (excludes halogenated alkanes) is 3. The van der Waals surface area contributed by atoms with Crippen LogP contribution in [-0.4, -0.2) is 70.5 Å². The van der Waals surface area contributed by atoms with E-state index in [1.807, 2.05) is 0 Å². The van der Waals surface area contributed by atoms with Gasteiger partial charge in [-0.1, -0.05) is 26.7 Å². The van der Waals surface area contributed by atoms with Gasteiger partial charge in [-0.2, -0.15) is 0 Å². The first-order valence-electron chi connectivity index (χ1n) is 15.5. The predicted octanol–water partition coefficient (Wildman–Crippen LogP) is 8.22. The average molecular weight is 509 g/mol. The molecular formula is C32H64N2O2. The highest BCUT2D eigenvalue weighted by atomic mass is 16.5. The topological polar surface area (TPSA) is 24.9 Å². The SMILES string of the molecule is CCCN1C(C)(C)CCC(OCCCCCCOC2CCC(C)(C)N(CCC)C(C)(C)C2)CC1(C)C. The number of ether oxygens (including phenoxy) is 2. The van der Waals surface area contributed by atoms with Gasteiger partial charge < -0.3 is 9.47 Å². The Bertz CT molecular complexity index is 574. The number of rotatable bonds is 13. The lowest BCUT2D eigenvalue weighted by molar-refractivity contribution is -0.00875. The quantitative estimate of drug-likeness (QED) is 0.234. The third-order valence-corrected chi connectivity index (χ3v) is 9.17. The molecule has 0 aromatic carbocycles. The Hall–Kier alpha value is -0.160. The van der Waals surface area contributed by atoms with Gasteiger partial charge in [0.15, 0.2) is 0 Å². The Kier molecular flexibility index (Phi) is 12.3. The highest BCUT2D eigenvalue weighted by Gasteiger charge is 2.43. The Labute approximate surface area is 226 Å². The van der Waals surface area contributed by atoms with Gasteiger partial charge in [0, 0.05) is 35.4 Å². The summed E-state index contributed by atoms with van der Waals surface area (Å²) in [5, 5.41) is 0. The normalized spacial score (nSPS) is 28.5. The molecule has 2 rings (SSSR count). The van der Waals surface area contributed by atoms with E-state index in [1.54, 1.807) is 0 Å². The van der Waals surface area contributed by atoms with Crippen molar-refractivity contribution in [3.05, 3.63) is 0 Å². The standard InChI is InChI=1S/C32H64N2O2/c1-11-21-33-29(3,4)19-17-27(25-31(33,7)8)35-23-15-13-14-16-24-36-28-18-20-30(5,6)34(22-12-2)32(9,10)26-28/h27-28H,11-26H2,1-10H3. The molecule has 0 spiro atoms. The van der Waals surface area contributed by atoms with Crippen LogP contribution in [0.1, 0.15) is 146 Å². The Morgan fingerprint density at radius 3 is 1.25 bits per heavy atom. The number of hydrogen-bond donors (Lipinski definition) is 0. The summed E-state index contributed by atoms with van der Waals surface area (Å²) in [6.07, 6.45) is 15.2. The van der Waals surface area contributed by atoms with Crippen LogP contribution in [0.2, 0.25) is 0 Å². The van der Waals surface area contributed by atoms with Gasteiger partial charge >= 0.3 is 0 Å². The second kappa shape index (κ2) is 13.8. The van der Waals surface area contributed by atoms with Gasteiger partial charge in [-0.25, -0.2) is 0 Å². The van der Waals surface area contributed by atoms with Gasteiger partial charge in [-0.3, -0.25) is 9.80 Å². The first-order chi connectivity index (χ1) is 16.7. The number of hydrogen-bond acceptors (Lipinski definition) is 4. The second-order valence-electron chi connectivity index (χ2n) is 14.4. The molecule has 2 aliphatic rings. The fourth-order valence-corrected chi connectivity index (χ4v) is 7.48. The zero-order chi connectivity index (χ0) is 27.0.